The summed E-state index contributed by atoms with van der Waals surface area (Å²) in [5.41, 5.74) is 0.362. The molecule has 20 heavy (non-hydrogen) atoms. The van der Waals surface area contributed by atoms with Gasteiger partial charge in [-0.15, -0.1) is 0 Å². The van der Waals surface area contributed by atoms with E-state index >= 15 is 0 Å². The van der Waals surface area contributed by atoms with Crippen molar-refractivity contribution in [2.45, 2.75) is 19.8 Å². The van der Waals surface area contributed by atoms with Gasteiger partial charge in [0, 0.05) is 6.54 Å². The Kier molecular flexibility index (Phi) is 4.50. The van der Waals surface area contributed by atoms with Gasteiger partial charge in [-0.25, -0.2) is 9.78 Å². The number of piperidine rings is 1. The molecule has 0 unspecified atom stereocenters. The molecule has 6 heteroatoms. The van der Waals surface area contributed by atoms with Crippen LogP contribution in [-0.4, -0.2) is 47.6 Å². The fourth-order valence-electron chi connectivity index (χ4n) is 2.35. The number of rotatable bonds is 4. The van der Waals surface area contributed by atoms with Crippen LogP contribution >= 0.6 is 11.6 Å². The highest BCUT2D eigenvalue weighted by Crippen LogP contribution is 2.30. The molecule has 0 amide bonds. The first-order valence-corrected chi connectivity index (χ1v) is 7.09. The second kappa shape index (κ2) is 5.97. The Morgan fingerprint density at radius 3 is 2.75 bits per heavy atom. The summed E-state index contributed by atoms with van der Waals surface area (Å²) in [5.74, 6) is -0.474. The number of anilines is 1. The lowest BCUT2D eigenvalue weighted by Crippen LogP contribution is -2.40. The molecular formula is C14H20ClN3O2. The van der Waals surface area contributed by atoms with Gasteiger partial charge in [-0.2, -0.15) is 0 Å². The Morgan fingerprint density at radius 1 is 1.50 bits per heavy atom. The number of nitrogens with one attached hydrogen (secondary N) is 1. The molecule has 2 N–H and O–H groups in total. The number of aromatic carboxylic acids is 1. The van der Waals surface area contributed by atoms with Gasteiger partial charge in [0.15, 0.2) is 0 Å². The number of carboxylic acids is 1. The standard InChI is InChI=1S/C14H20ClN3O2/c1-14(3-5-18(2)6-4-14)9-16-12-8-10(13(19)20)7-11(15)17-12/h7-8H,3-6,9H2,1-2H3,(H,16,17)(H,19,20). The maximum atomic E-state index is 11.0. The summed E-state index contributed by atoms with van der Waals surface area (Å²) < 4.78 is 0. The van der Waals surface area contributed by atoms with Crippen molar-refractivity contribution in [2.24, 2.45) is 5.41 Å². The zero-order valence-corrected chi connectivity index (χ0v) is 12.6. The SMILES string of the molecule is CN1CCC(C)(CNc2cc(C(=O)O)cc(Cl)n2)CC1. The van der Waals surface area contributed by atoms with E-state index in [4.69, 9.17) is 16.7 Å². The molecule has 1 aliphatic rings. The molecule has 110 valence electrons. The largest absolute Gasteiger partial charge is 0.478 e. The van der Waals surface area contributed by atoms with E-state index < -0.39 is 5.97 Å². The summed E-state index contributed by atoms with van der Waals surface area (Å²) in [4.78, 5) is 17.4. The minimum absolute atomic E-state index is 0.154. The minimum atomic E-state index is -0.997. The van der Waals surface area contributed by atoms with E-state index in [9.17, 15) is 4.79 Å². The van der Waals surface area contributed by atoms with Gasteiger partial charge in [0.25, 0.3) is 0 Å². The third-order valence-corrected chi connectivity index (χ3v) is 4.13. The average Bonchev–Trinajstić information content (AvgIpc) is 2.40. The van der Waals surface area contributed by atoms with Gasteiger partial charge in [0.1, 0.15) is 11.0 Å². The summed E-state index contributed by atoms with van der Waals surface area (Å²) in [6, 6.07) is 2.87. The predicted octanol–water partition coefficient (Wildman–Crippen LogP) is 2.58. The van der Waals surface area contributed by atoms with Crippen LogP contribution < -0.4 is 5.32 Å². The van der Waals surface area contributed by atoms with Gasteiger partial charge in [0.05, 0.1) is 5.56 Å². The molecule has 2 rings (SSSR count). The average molecular weight is 298 g/mol. The quantitative estimate of drug-likeness (QED) is 0.836. The molecule has 0 bridgehead atoms. The number of hydrogen-bond donors (Lipinski definition) is 2. The maximum absolute atomic E-state index is 11.0. The zero-order chi connectivity index (χ0) is 14.8. The lowest BCUT2D eigenvalue weighted by Gasteiger charge is -2.38. The van der Waals surface area contributed by atoms with Gasteiger partial charge in [-0.05, 0) is 50.5 Å². The Bertz CT molecular complexity index is 499. The summed E-state index contributed by atoms with van der Waals surface area (Å²) in [6.07, 6.45) is 2.23. The van der Waals surface area contributed by atoms with Crippen LogP contribution in [0, 0.1) is 5.41 Å². The first-order valence-electron chi connectivity index (χ1n) is 6.71. The topological polar surface area (TPSA) is 65.5 Å². The summed E-state index contributed by atoms with van der Waals surface area (Å²) >= 11 is 5.85. The molecule has 1 aromatic heterocycles. The number of pyridine rings is 1. The lowest BCUT2D eigenvalue weighted by atomic mass is 9.80. The van der Waals surface area contributed by atoms with Crippen molar-refractivity contribution in [3.05, 3.63) is 22.8 Å². The van der Waals surface area contributed by atoms with E-state index in [0.29, 0.717) is 5.82 Å². The molecule has 2 heterocycles. The molecule has 5 nitrogen and oxygen atoms in total. The van der Waals surface area contributed by atoms with Crippen molar-refractivity contribution in [1.82, 2.24) is 9.88 Å². The van der Waals surface area contributed by atoms with Crippen molar-refractivity contribution in [2.75, 3.05) is 32.0 Å². The molecule has 0 aromatic carbocycles. The number of carboxylic acid groups (broad SMARTS) is 1. The molecular weight excluding hydrogens is 278 g/mol. The van der Waals surface area contributed by atoms with Crippen LogP contribution in [0.1, 0.15) is 30.1 Å². The fraction of sp³-hybridized carbons (Fsp3) is 0.571. The van der Waals surface area contributed by atoms with Crippen molar-refractivity contribution < 1.29 is 9.90 Å². The van der Waals surface area contributed by atoms with Gasteiger partial charge in [-0.1, -0.05) is 18.5 Å². The molecule has 0 saturated carbocycles. The number of aromatic nitrogens is 1. The van der Waals surface area contributed by atoms with Crippen LogP contribution in [0.25, 0.3) is 0 Å². The van der Waals surface area contributed by atoms with Gasteiger partial charge in [0.2, 0.25) is 0 Å². The van der Waals surface area contributed by atoms with Crippen LogP contribution in [0.15, 0.2) is 12.1 Å². The minimum Gasteiger partial charge on any atom is -0.478 e. The van der Waals surface area contributed by atoms with Gasteiger partial charge in [-0.3, -0.25) is 0 Å². The third-order valence-electron chi connectivity index (χ3n) is 3.93. The van der Waals surface area contributed by atoms with Crippen molar-refractivity contribution in [3.8, 4) is 0 Å². The van der Waals surface area contributed by atoms with Crippen LogP contribution in [0.4, 0.5) is 5.82 Å². The molecule has 1 fully saturated rings. The normalized spacial score (nSPS) is 18.8. The number of hydrogen-bond acceptors (Lipinski definition) is 4. The monoisotopic (exact) mass is 297 g/mol. The molecule has 0 radical (unpaired) electrons. The van der Waals surface area contributed by atoms with E-state index in [1.165, 1.54) is 12.1 Å². The summed E-state index contributed by atoms with van der Waals surface area (Å²) in [5, 5.41) is 12.4. The van der Waals surface area contributed by atoms with E-state index in [1.54, 1.807) is 0 Å². The Balaban J connectivity index is 2.02. The summed E-state index contributed by atoms with van der Waals surface area (Å²) in [7, 11) is 2.13. The van der Waals surface area contributed by atoms with Crippen LogP contribution in [0.5, 0.6) is 0 Å². The van der Waals surface area contributed by atoms with Gasteiger partial charge < -0.3 is 15.3 Å². The maximum Gasteiger partial charge on any atom is 0.335 e. The van der Waals surface area contributed by atoms with Gasteiger partial charge >= 0.3 is 5.97 Å². The predicted molar refractivity (Wildman–Crippen MR) is 79.5 cm³/mol. The molecule has 1 aliphatic heterocycles. The first kappa shape index (κ1) is 15.1. The number of nitrogens with zero attached hydrogens (tertiary/aromatic N) is 2. The zero-order valence-electron chi connectivity index (χ0n) is 11.8. The highest BCUT2D eigenvalue weighted by molar-refractivity contribution is 6.29. The third kappa shape index (κ3) is 3.84. The highest BCUT2D eigenvalue weighted by atomic mass is 35.5. The smallest absolute Gasteiger partial charge is 0.335 e. The highest BCUT2D eigenvalue weighted by Gasteiger charge is 2.28. The Morgan fingerprint density at radius 2 is 2.15 bits per heavy atom. The van der Waals surface area contributed by atoms with Crippen molar-refractivity contribution in [1.29, 1.82) is 0 Å². The Labute approximate surface area is 123 Å². The molecule has 0 atom stereocenters. The van der Waals surface area contributed by atoms with Crippen LogP contribution in [0.2, 0.25) is 5.15 Å². The number of halogens is 1. The van der Waals surface area contributed by atoms with Crippen molar-refractivity contribution >= 4 is 23.4 Å². The number of likely N-dealkylation sites (tertiary alicyclic amines) is 1. The van der Waals surface area contributed by atoms with Crippen LogP contribution in [-0.2, 0) is 0 Å². The van der Waals surface area contributed by atoms with E-state index in [2.05, 4.69) is 29.2 Å². The molecule has 1 aromatic rings. The van der Waals surface area contributed by atoms with Crippen molar-refractivity contribution in [3.63, 3.8) is 0 Å². The number of carbonyl (C=O) groups is 1. The molecule has 0 aliphatic carbocycles. The van der Waals surface area contributed by atoms with E-state index in [0.717, 1.165) is 32.5 Å². The molecule has 1 saturated heterocycles. The molecule has 0 spiro atoms. The first-order chi connectivity index (χ1) is 9.38. The summed E-state index contributed by atoms with van der Waals surface area (Å²) in [6.45, 7) is 5.19. The lowest BCUT2D eigenvalue weighted by molar-refractivity contribution is 0.0697. The second-order valence-corrected chi connectivity index (χ2v) is 6.22. The fourth-order valence-corrected chi connectivity index (χ4v) is 2.56. The Hall–Kier alpha value is -1.33. The van der Waals surface area contributed by atoms with Crippen LogP contribution in [0.3, 0.4) is 0 Å². The van der Waals surface area contributed by atoms with E-state index in [1.807, 2.05) is 0 Å². The second-order valence-electron chi connectivity index (χ2n) is 5.84. The van der Waals surface area contributed by atoms with E-state index in [-0.39, 0.29) is 16.1 Å².